The van der Waals surface area contributed by atoms with Gasteiger partial charge in [-0.25, -0.2) is 13.5 Å². The lowest BCUT2D eigenvalue weighted by Crippen LogP contribution is -2.48. The Bertz CT molecular complexity index is 911. The van der Waals surface area contributed by atoms with Gasteiger partial charge in [0.2, 0.25) is 0 Å². The van der Waals surface area contributed by atoms with Gasteiger partial charge in [-0.05, 0) is 63.9 Å². The Balaban J connectivity index is 1.45. The summed E-state index contributed by atoms with van der Waals surface area (Å²) in [5.41, 5.74) is 2.57. The number of nitrogens with zero attached hydrogens (tertiary/aromatic N) is 4. The van der Waals surface area contributed by atoms with Crippen LogP contribution in [0.2, 0.25) is 0 Å². The Hall–Kier alpha value is -2.48. The molecule has 0 saturated carbocycles. The highest BCUT2D eigenvalue weighted by Crippen LogP contribution is 2.36. The third kappa shape index (κ3) is 4.74. The molecule has 2 aromatic rings. The Morgan fingerprint density at radius 3 is 2.71 bits per heavy atom. The lowest BCUT2D eigenvalue weighted by Gasteiger charge is -2.41. The molecule has 6 nitrogen and oxygen atoms in total. The predicted molar refractivity (Wildman–Crippen MR) is 116 cm³/mol. The van der Waals surface area contributed by atoms with Crippen LogP contribution in [0.3, 0.4) is 0 Å². The van der Waals surface area contributed by atoms with Gasteiger partial charge in [0.05, 0.1) is 5.69 Å². The van der Waals surface area contributed by atoms with Gasteiger partial charge in [-0.2, -0.15) is 5.10 Å². The molecule has 2 aliphatic heterocycles. The summed E-state index contributed by atoms with van der Waals surface area (Å²) in [5.74, 6) is 0.804. The molecule has 0 spiro atoms. The van der Waals surface area contributed by atoms with E-state index in [2.05, 4.69) is 15.3 Å². The summed E-state index contributed by atoms with van der Waals surface area (Å²) in [6, 6.07) is 8.56. The Kier molecular flexibility index (Phi) is 6.27. The van der Waals surface area contributed by atoms with Gasteiger partial charge in [0.25, 0.3) is 12.3 Å². The molecular formula is C23H31F2N5O. The number of alkyl halides is 2. The molecule has 1 amide bonds. The molecule has 2 aliphatic rings. The molecule has 3 heterocycles. The zero-order valence-electron chi connectivity index (χ0n) is 18.4. The second-order valence-electron chi connectivity index (χ2n) is 9.09. The van der Waals surface area contributed by atoms with E-state index in [0.717, 1.165) is 30.6 Å². The van der Waals surface area contributed by atoms with Gasteiger partial charge in [-0.3, -0.25) is 4.79 Å². The molecule has 8 heteroatoms. The van der Waals surface area contributed by atoms with Crippen LogP contribution < -0.4 is 5.32 Å². The van der Waals surface area contributed by atoms with Crippen molar-refractivity contribution < 1.29 is 13.6 Å². The number of anilines is 1. The normalized spacial score (nSPS) is 23.7. The Morgan fingerprint density at radius 2 is 2.03 bits per heavy atom. The van der Waals surface area contributed by atoms with Crippen molar-refractivity contribution in [2.24, 2.45) is 5.92 Å². The van der Waals surface area contributed by atoms with E-state index in [9.17, 15) is 13.6 Å². The molecule has 0 aliphatic carbocycles. The molecule has 4 rings (SSSR count). The first-order valence-corrected chi connectivity index (χ1v) is 11.0. The Morgan fingerprint density at radius 1 is 1.29 bits per heavy atom. The summed E-state index contributed by atoms with van der Waals surface area (Å²) in [6.07, 6.45) is -0.348. The van der Waals surface area contributed by atoms with E-state index in [1.807, 2.05) is 56.3 Å². The number of hydrogen-bond donors (Lipinski definition) is 1. The van der Waals surface area contributed by atoms with Crippen LogP contribution in [0.4, 0.5) is 14.6 Å². The number of likely N-dealkylation sites (tertiary alicyclic amines) is 1. The number of hydrogen-bond acceptors (Lipinski definition) is 4. The van der Waals surface area contributed by atoms with Gasteiger partial charge in [-0.15, -0.1) is 0 Å². The van der Waals surface area contributed by atoms with Crippen molar-refractivity contribution in [1.82, 2.24) is 19.6 Å². The molecule has 0 bridgehead atoms. The van der Waals surface area contributed by atoms with E-state index in [-0.39, 0.29) is 17.9 Å². The van der Waals surface area contributed by atoms with E-state index in [4.69, 9.17) is 0 Å². The third-order valence-electron chi connectivity index (χ3n) is 6.31. The molecule has 3 atom stereocenters. The van der Waals surface area contributed by atoms with Crippen LogP contribution in [0.5, 0.6) is 0 Å². The minimum absolute atomic E-state index is 0.0169. The number of carbonyl (C=O) groups excluding carboxylic acids is 1. The number of carbonyl (C=O) groups is 1. The first-order valence-electron chi connectivity index (χ1n) is 11.0. The van der Waals surface area contributed by atoms with Crippen molar-refractivity contribution in [1.29, 1.82) is 0 Å². The zero-order valence-corrected chi connectivity index (χ0v) is 18.4. The fourth-order valence-electron chi connectivity index (χ4n) is 4.83. The summed E-state index contributed by atoms with van der Waals surface area (Å²) < 4.78 is 28.9. The average molecular weight is 432 g/mol. The van der Waals surface area contributed by atoms with E-state index >= 15 is 0 Å². The lowest BCUT2D eigenvalue weighted by molar-refractivity contribution is 0.0505. The quantitative estimate of drug-likeness (QED) is 0.783. The molecule has 0 radical (unpaired) electrons. The number of aryl methyl sites for hydroxylation is 1. The number of fused-ring (bicyclic) bond motifs is 1. The molecule has 0 unspecified atom stereocenters. The van der Waals surface area contributed by atoms with E-state index in [1.54, 1.807) is 0 Å². The topological polar surface area (TPSA) is 53.4 Å². The lowest BCUT2D eigenvalue weighted by atomic mass is 9.85. The van der Waals surface area contributed by atoms with Crippen LogP contribution in [-0.4, -0.2) is 65.1 Å². The predicted octanol–water partition coefficient (Wildman–Crippen LogP) is 3.80. The monoisotopic (exact) mass is 431 g/mol. The summed E-state index contributed by atoms with van der Waals surface area (Å²) in [4.78, 5) is 17.1. The van der Waals surface area contributed by atoms with Crippen molar-refractivity contribution in [3.05, 3.63) is 47.2 Å². The minimum Gasteiger partial charge on any atom is -0.367 e. The number of benzene rings is 1. The molecule has 1 N–H and O–H groups in total. The number of nitrogens with one attached hydrogen (secondary N) is 1. The van der Waals surface area contributed by atoms with Gasteiger partial charge < -0.3 is 15.1 Å². The van der Waals surface area contributed by atoms with Gasteiger partial charge >= 0.3 is 0 Å². The number of amides is 1. The van der Waals surface area contributed by atoms with Crippen molar-refractivity contribution >= 4 is 11.7 Å². The summed E-state index contributed by atoms with van der Waals surface area (Å²) in [5, 5.41) is 7.67. The number of halogens is 2. The number of piperidine rings is 1. The van der Waals surface area contributed by atoms with Crippen molar-refractivity contribution in [3.63, 3.8) is 0 Å². The summed E-state index contributed by atoms with van der Waals surface area (Å²) in [6.45, 7) is 3.93. The summed E-state index contributed by atoms with van der Waals surface area (Å²) >= 11 is 0. The van der Waals surface area contributed by atoms with Crippen LogP contribution in [0, 0.1) is 12.8 Å². The van der Waals surface area contributed by atoms with E-state index in [1.165, 1.54) is 4.68 Å². The molecule has 31 heavy (non-hydrogen) atoms. The van der Waals surface area contributed by atoms with Gasteiger partial charge in [-0.1, -0.05) is 12.1 Å². The second-order valence-corrected chi connectivity index (χ2v) is 9.09. The number of aromatic nitrogens is 2. The fraction of sp³-hybridized carbons (Fsp3) is 0.565. The first-order chi connectivity index (χ1) is 14.8. The molecule has 168 valence electrons. The third-order valence-corrected chi connectivity index (χ3v) is 6.31. The van der Waals surface area contributed by atoms with Crippen molar-refractivity contribution in [3.8, 4) is 0 Å². The molecule has 1 fully saturated rings. The van der Waals surface area contributed by atoms with Gasteiger partial charge in [0, 0.05) is 37.3 Å². The SMILES string of the molecule is Cc1cc2n(n1)[C@@H](C(F)F)C[C@@H]([C@H]1CCCN(C(=O)c3ccc(CN(C)C)cc3)C1)N2. The maximum absolute atomic E-state index is 13.7. The summed E-state index contributed by atoms with van der Waals surface area (Å²) in [7, 11) is 4.03. The fourth-order valence-corrected chi connectivity index (χ4v) is 4.83. The number of rotatable bonds is 5. The molecule has 1 saturated heterocycles. The average Bonchev–Trinajstić information content (AvgIpc) is 3.12. The second kappa shape index (κ2) is 8.94. The zero-order chi connectivity index (χ0) is 22.1. The highest BCUT2D eigenvalue weighted by atomic mass is 19.3. The smallest absolute Gasteiger partial charge is 0.260 e. The van der Waals surface area contributed by atoms with Crippen LogP contribution in [0.15, 0.2) is 30.3 Å². The molecule has 1 aromatic carbocycles. The standard InChI is InChI=1S/C23H31F2N5O/c1-15-11-21-26-19(12-20(22(24)25)30(21)27-15)18-5-4-10-29(14-18)23(31)17-8-6-16(7-9-17)13-28(2)3/h6-9,11,18-20,22,26H,4-5,10,12-14H2,1-3H3/t18-,19-,20+/m0/s1. The highest BCUT2D eigenvalue weighted by molar-refractivity contribution is 5.94. The van der Waals surface area contributed by atoms with Crippen molar-refractivity contribution in [2.75, 3.05) is 32.5 Å². The van der Waals surface area contributed by atoms with Crippen LogP contribution >= 0.6 is 0 Å². The van der Waals surface area contributed by atoms with Crippen LogP contribution in [-0.2, 0) is 6.54 Å². The van der Waals surface area contributed by atoms with Crippen molar-refractivity contribution in [2.45, 2.75) is 51.2 Å². The minimum atomic E-state index is -2.47. The molecular weight excluding hydrogens is 400 g/mol. The van der Waals surface area contributed by atoms with E-state index < -0.39 is 12.5 Å². The maximum atomic E-state index is 13.7. The van der Waals surface area contributed by atoms with E-state index in [0.29, 0.717) is 30.9 Å². The van der Waals surface area contributed by atoms with Crippen LogP contribution in [0.25, 0.3) is 0 Å². The van der Waals surface area contributed by atoms with Gasteiger partial charge in [0.1, 0.15) is 11.9 Å². The van der Waals surface area contributed by atoms with Gasteiger partial charge in [0.15, 0.2) is 0 Å². The Labute approximate surface area is 182 Å². The maximum Gasteiger partial charge on any atom is 0.260 e. The highest BCUT2D eigenvalue weighted by Gasteiger charge is 2.38. The molecule has 1 aromatic heterocycles. The first kappa shape index (κ1) is 21.7. The van der Waals surface area contributed by atoms with Crippen LogP contribution in [0.1, 0.15) is 46.9 Å². The largest absolute Gasteiger partial charge is 0.367 e.